The number of benzene rings is 2. The normalized spacial score (nSPS) is 13.7. The van der Waals surface area contributed by atoms with Gasteiger partial charge in [-0.05, 0) is 48.7 Å². The number of carbonyl (C=O) groups excluding carboxylic acids is 2. The zero-order chi connectivity index (χ0) is 24.2. The fourth-order valence-electron chi connectivity index (χ4n) is 3.89. The van der Waals surface area contributed by atoms with E-state index in [1.54, 1.807) is 30.9 Å². The Morgan fingerprint density at radius 1 is 1.09 bits per heavy atom. The van der Waals surface area contributed by atoms with Gasteiger partial charge in [0, 0.05) is 44.4 Å². The minimum atomic E-state index is -3.60. The topological polar surface area (TPSA) is 86.8 Å². The molecule has 10 heteroatoms. The highest BCUT2D eigenvalue weighted by atomic mass is 32.2. The first-order valence-electron chi connectivity index (χ1n) is 10.9. The lowest BCUT2D eigenvalue weighted by molar-refractivity contribution is -0.118. The highest BCUT2D eigenvalue weighted by Crippen LogP contribution is 2.30. The Labute approximate surface area is 192 Å². The first kappa shape index (κ1) is 24.8. The molecule has 0 unspecified atom stereocenters. The summed E-state index contributed by atoms with van der Waals surface area (Å²) >= 11 is 0. The Hall–Kier alpha value is -2.85. The molecule has 2 aromatic rings. The zero-order valence-corrected chi connectivity index (χ0v) is 19.4. The molecule has 0 bridgehead atoms. The van der Waals surface area contributed by atoms with Gasteiger partial charge in [0.1, 0.15) is 11.6 Å². The van der Waals surface area contributed by atoms with Crippen LogP contribution in [0.1, 0.15) is 42.6 Å². The van der Waals surface area contributed by atoms with Gasteiger partial charge < -0.3 is 10.2 Å². The van der Waals surface area contributed by atoms with Crippen molar-refractivity contribution >= 4 is 27.5 Å². The minimum Gasteiger partial charge on any atom is -0.351 e. The van der Waals surface area contributed by atoms with Gasteiger partial charge in [-0.2, -0.15) is 4.31 Å². The summed E-state index contributed by atoms with van der Waals surface area (Å²) in [6.45, 7) is 4.76. The van der Waals surface area contributed by atoms with Crippen LogP contribution >= 0.6 is 0 Å². The van der Waals surface area contributed by atoms with Gasteiger partial charge in [0.05, 0.1) is 10.5 Å². The number of amides is 2. The third-order valence-corrected chi connectivity index (χ3v) is 7.66. The molecule has 1 heterocycles. The van der Waals surface area contributed by atoms with Crippen LogP contribution in [0.4, 0.5) is 14.5 Å². The summed E-state index contributed by atoms with van der Waals surface area (Å²) in [7, 11) is -3.60. The van der Waals surface area contributed by atoms with Crippen molar-refractivity contribution in [1.82, 2.24) is 9.62 Å². The molecule has 0 saturated heterocycles. The molecular weight excluding hydrogens is 452 g/mol. The molecule has 0 atom stereocenters. The van der Waals surface area contributed by atoms with Gasteiger partial charge in [-0.25, -0.2) is 17.2 Å². The number of hydrogen-bond acceptors (Lipinski definition) is 4. The molecule has 33 heavy (non-hydrogen) atoms. The first-order chi connectivity index (χ1) is 15.7. The third kappa shape index (κ3) is 5.39. The standard InChI is InChI=1S/C23H27F2N3O4S/c1-3-27(4-2)33(31,32)18-8-10-21-16(14-18)6-5-13-28(21)22(29)11-12-26-23(30)19-9-7-17(24)15-20(19)25/h7-10,14-15H,3-6,11-13H2,1-2H3,(H,26,30). The van der Waals surface area contributed by atoms with Crippen LogP contribution in [0.25, 0.3) is 0 Å². The van der Waals surface area contributed by atoms with Crippen molar-refractivity contribution in [2.45, 2.75) is 38.0 Å². The number of anilines is 1. The number of sulfonamides is 1. The Bertz CT molecular complexity index is 1150. The Morgan fingerprint density at radius 2 is 1.82 bits per heavy atom. The van der Waals surface area contributed by atoms with Crippen molar-refractivity contribution in [3.05, 3.63) is 59.2 Å². The van der Waals surface area contributed by atoms with Crippen LogP contribution in [-0.2, 0) is 21.2 Å². The van der Waals surface area contributed by atoms with Crippen molar-refractivity contribution in [3.63, 3.8) is 0 Å². The van der Waals surface area contributed by atoms with E-state index < -0.39 is 27.6 Å². The molecule has 1 N–H and O–H groups in total. The van der Waals surface area contributed by atoms with Gasteiger partial charge in [0.15, 0.2) is 0 Å². The maximum atomic E-state index is 13.7. The number of rotatable bonds is 8. The van der Waals surface area contributed by atoms with E-state index >= 15 is 0 Å². The summed E-state index contributed by atoms with van der Waals surface area (Å²) in [5.41, 5.74) is 1.13. The van der Waals surface area contributed by atoms with Gasteiger partial charge in [-0.1, -0.05) is 13.8 Å². The zero-order valence-electron chi connectivity index (χ0n) is 18.6. The SMILES string of the molecule is CCN(CC)S(=O)(=O)c1ccc2c(c1)CCCN2C(=O)CCNC(=O)c1ccc(F)cc1F. The van der Waals surface area contributed by atoms with Crippen LogP contribution in [0.3, 0.4) is 0 Å². The molecule has 1 aliphatic rings. The molecular formula is C23H27F2N3O4S. The summed E-state index contributed by atoms with van der Waals surface area (Å²) in [4.78, 5) is 26.7. The quantitative estimate of drug-likeness (QED) is 0.631. The van der Waals surface area contributed by atoms with Crippen molar-refractivity contribution < 1.29 is 26.8 Å². The number of nitrogens with one attached hydrogen (secondary N) is 1. The van der Waals surface area contributed by atoms with E-state index in [2.05, 4.69) is 5.32 Å². The molecule has 3 rings (SSSR count). The summed E-state index contributed by atoms with van der Waals surface area (Å²) in [6.07, 6.45) is 1.31. The molecule has 0 fully saturated rings. The van der Waals surface area contributed by atoms with Gasteiger partial charge in [0.25, 0.3) is 5.91 Å². The monoisotopic (exact) mass is 479 g/mol. The molecule has 2 amide bonds. The Balaban J connectivity index is 1.68. The van der Waals surface area contributed by atoms with Crippen LogP contribution < -0.4 is 10.2 Å². The molecule has 0 spiro atoms. The van der Waals surface area contributed by atoms with Gasteiger partial charge in [-0.15, -0.1) is 0 Å². The maximum absolute atomic E-state index is 13.7. The van der Waals surface area contributed by atoms with Crippen LogP contribution in [0.15, 0.2) is 41.3 Å². The molecule has 178 valence electrons. The fourth-order valence-corrected chi connectivity index (χ4v) is 5.40. The van der Waals surface area contributed by atoms with E-state index in [0.29, 0.717) is 44.2 Å². The lowest BCUT2D eigenvalue weighted by atomic mass is 10.0. The fraction of sp³-hybridized carbons (Fsp3) is 0.391. The highest BCUT2D eigenvalue weighted by molar-refractivity contribution is 7.89. The molecule has 0 radical (unpaired) electrons. The van der Waals surface area contributed by atoms with Gasteiger partial charge in [0.2, 0.25) is 15.9 Å². The molecule has 1 aliphatic heterocycles. The Morgan fingerprint density at radius 3 is 2.48 bits per heavy atom. The number of fused-ring (bicyclic) bond motifs is 1. The predicted octanol–water partition coefficient (Wildman–Crippen LogP) is 3.09. The molecule has 0 saturated carbocycles. The van der Waals surface area contributed by atoms with E-state index in [1.165, 1.54) is 10.4 Å². The van der Waals surface area contributed by atoms with Crippen molar-refractivity contribution in [3.8, 4) is 0 Å². The summed E-state index contributed by atoms with van der Waals surface area (Å²) in [5, 5.41) is 2.47. The average Bonchev–Trinajstić information content (AvgIpc) is 2.78. The van der Waals surface area contributed by atoms with Crippen LogP contribution in [0.2, 0.25) is 0 Å². The molecule has 7 nitrogen and oxygen atoms in total. The summed E-state index contributed by atoms with van der Waals surface area (Å²) in [5.74, 6) is -2.73. The average molecular weight is 480 g/mol. The third-order valence-electron chi connectivity index (χ3n) is 5.61. The highest BCUT2D eigenvalue weighted by Gasteiger charge is 2.27. The first-order valence-corrected chi connectivity index (χ1v) is 12.3. The molecule has 2 aromatic carbocycles. The Kier molecular flexibility index (Phi) is 7.80. The number of aryl methyl sites for hydroxylation is 1. The van der Waals surface area contributed by atoms with E-state index in [0.717, 1.165) is 17.7 Å². The van der Waals surface area contributed by atoms with Crippen molar-refractivity contribution in [2.24, 2.45) is 0 Å². The maximum Gasteiger partial charge on any atom is 0.254 e. The summed E-state index contributed by atoms with van der Waals surface area (Å²) < 4.78 is 53.8. The van der Waals surface area contributed by atoms with E-state index in [4.69, 9.17) is 0 Å². The number of nitrogens with zero attached hydrogens (tertiary/aromatic N) is 2. The largest absolute Gasteiger partial charge is 0.351 e. The second-order valence-electron chi connectivity index (χ2n) is 7.66. The minimum absolute atomic E-state index is 0.0191. The van der Waals surface area contributed by atoms with Gasteiger partial charge in [-0.3, -0.25) is 9.59 Å². The number of hydrogen-bond donors (Lipinski definition) is 1. The second-order valence-corrected chi connectivity index (χ2v) is 9.60. The van der Waals surface area contributed by atoms with Crippen LogP contribution in [0.5, 0.6) is 0 Å². The van der Waals surface area contributed by atoms with Gasteiger partial charge >= 0.3 is 0 Å². The van der Waals surface area contributed by atoms with Crippen LogP contribution in [0, 0.1) is 11.6 Å². The smallest absolute Gasteiger partial charge is 0.254 e. The number of carbonyl (C=O) groups is 2. The van der Waals surface area contributed by atoms with Crippen molar-refractivity contribution in [1.29, 1.82) is 0 Å². The van der Waals surface area contributed by atoms with E-state index in [1.807, 2.05) is 0 Å². The van der Waals surface area contributed by atoms with E-state index in [9.17, 15) is 26.8 Å². The molecule has 0 aromatic heterocycles. The lowest BCUT2D eigenvalue weighted by Gasteiger charge is -2.30. The molecule has 0 aliphatic carbocycles. The van der Waals surface area contributed by atoms with Crippen molar-refractivity contribution in [2.75, 3.05) is 31.1 Å². The second kappa shape index (κ2) is 10.4. The van der Waals surface area contributed by atoms with Crippen LogP contribution in [-0.4, -0.2) is 50.7 Å². The summed E-state index contributed by atoms with van der Waals surface area (Å²) in [6, 6.07) is 7.45. The number of halogens is 2. The van der Waals surface area contributed by atoms with E-state index in [-0.39, 0.29) is 29.3 Å². The predicted molar refractivity (Wildman–Crippen MR) is 121 cm³/mol. The lowest BCUT2D eigenvalue weighted by Crippen LogP contribution is -2.38.